The van der Waals surface area contributed by atoms with Crippen LogP contribution in [0.5, 0.6) is 5.75 Å². The minimum Gasteiger partial charge on any atom is -0.489 e. The first-order valence-electron chi connectivity index (χ1n) is 14.1. The van der Waals surface area contributed by atoms with Crippen LogP contribution in [0.4, 0.5) is 13.2 Å². The Kier molecular flexibility index (Phi) is 11.0. The summed E-state index contributed by atoms with van der Waals surface area (Å²) >= 11 is 7.81. The summed E-state index contributed by atoms with van der Waals surface area (Å²) in [4.78, 5) is 32.7. The van der Waals surface area contributed by atoms with Gasteiger partial charge in [0.05, 0.1) is 23.4 Å². The predicted octanol–water partition coefficient (Wildman–Crippen LogP) is 6.07. The van der Waals surface area contributed by atoms with Crippen LogP contribution in [-0.4, -0.2) is 61.6 Å². The maximum Gasteiger partial charge on any atom is 0.406 e. The van der Waals surface area contributed by atoms with E-state index in [1.165, 1.54) is 11.3 Å². The number of fused-ring (bicyclic) bond motifs is 1. The molecule has 15 heteroatoms. The molecule has 4 aromatic rings. The minimum atomic E-state index is -4.60. The van der Waals surface area contributed by atoms with Crippen LogP contribution in [0.1, 0.15) is 36.1 Å². The Morgan fingerprint density at radius 2 is 1.89 bits per heavy atom. The number of nitrogens with zero attached hydrogens (tertiary/aromatic N) is 4. The van der Waals surface area contributed by atoms with Crippen LogP contribution < -0.4 is 16.0 Å². The highest BCUT2D eigenvalue weighted by molar-refractivity contribution is 7.19. The standard InChI is InChI=1S/C30H30ClF3N4O4S.2ClH/c1-17-9-18(31)10-24(27(17)42-21-11-20(12-21)37-7-2-3-19(37)15-39)23-4-6-35-25-13-22(43-28(23)25)14-38-26(40)5-8-36(29(38)41)16-30(32,33)34;;/h4-6,8-10,13,19-21,39H,2-3,7,11-12,14-16H2,1H3;2*1H/t19-,20?,21?;;/m0../s1. The number of aryl methyl sites for hydroxylation is 1. The molecule has 0 radical (unpaired) electrons. The highest BCUT2D eigenvalue weighted by atomic mass is 35.5. The van der Waals surface area contributed by atoms with Gasteiger partial charge in [0.1, 0.15) is 18.4 Å². The van der Waals surface area contributed by atoms with E-state index >= 15 is 0 Å². The van der Waals surface area contributed by atoms with Gasteiger partial charge in [-0.15, -0.1) is 36.2 Å². The lowest BCUT2D eigenvalue weighted by Gasteiger charge is -2.43. The van der Waals surface area contributed by atoms with E-state index in [-0.39, 0.29) is 50.1 Å². The zero-order valence-electron chi connectivity index (χ0n) is 24.1. The number of halogens is 6. The topological polar surface area (TPSA) is 89.6 Å². The first kappa shape index (κ1) is 35.2. The highest BCUT2D eigenvalue weighted by Crippen LogP contribution is 2.43. The summed E-state index contributed by atoms with van der Waals surface area (Å²) in [6, 6.07) is 8.84. The Bertz CT molecular complexity index is 1790. The SMILES string of the molecule is Cc1cc(Cl)cc(-c2ccnc3cc(Cn4c(=O)ccn(CC(F)(F)F)c4=O)sc23)c1OC1CC(N2CCC[C@H]2CO)C1.Cl.Cl. The average molecular weight is 708 g/mol. The molecule has 1 aromatic carbocycles. The fraction of sp³-hybridized carbons (Fsp3) is 0.433. The number of aliphatic hydroxyl groups excluding tert-OH is 1. The van der Waals surface area contributed by atoms with Gasteiger partial charge in [0.15, 0.2) is 0 Å². The maximum absolute atomic E-state index is 13.0. The predicted molar refractivity (Wildman–Crippen MR) is 174 cm³/mol. The molecule has 244 valence electrons. The van der Waals surface area contributed by atoms with Crippen molar-refractivity contribution in [1.29, 1.82) is 0 Å². The van der Waals surface area contributed by atoms with Crippen LogP contribution in [-0.2, 0) is 13.1 Å². The largest absolute Gasteiger partial charge is 0.489 e. The second kappa shape index (κ2) is 14.0. The fourth-order valence-corrected chi connectivity index (χ4v) is 7.55. The van der Waals surface area contributed by atoms with Crippen LogP contribution >= 0.6 is 47.8 Å². The third-order valence-corrected chi connectivity index (χ3v) is 9.61. The number of hydrogen-bond donors (Lipinski definition) is 1. The van der Waals surface area contributed by atoms with Crippen LogP contribution in [0.2, 0.25) is 5.02 Å². The molecular weight excluding hydrogens is 676 g/mol. The van der Waals surface area contributed by atoms with Gasteiger partial charge in [-0.25, -0.2) is 4.79 Å². The van der Waals surface area contributed by atoms with Gasteiger partial charge in [0.2, 0.25) is 0 Å². The van der Waals surface area contributed by atoms with E-state index < -0.39 is 24.0 Å². The molecule has 3 aromatic heterocycles. The summed E-state index contributed by atoms with van der Waals surface area (Å²) < 4.78 is 47.5. The fourth-order valence-electron chi connectivity index (χ4n) is 6.14. The van der Waals surface area contributed by atoms with Crippen molar-refractivity contribution < 1.29 is 23.0 Å². The second-order valence-corrected chi connectivity index (χ2v) is 12.8. The molecule has 8 nitrogen and oxygen atoms in total. The van der Waals surface area contributed by atoms with Gasteiger partial charge in [0, 0.05) is 64.4 Å². The Balaban J connectivity index is 0.00000230. The lowest BCUT2D eigenvalue weighted by molar-refractivity contribution is -0.141. The van der Waals surface area contributed by atoms with Crippen molar-refractivity contribution in [2.45, 2.75) is 70.1 Å². The average Bonchev–Trinajstić information content (AvgIpc) is 3.56. The van der Waals surface area contributed by atoms with Crippen molar-refractivity contribution in [2.24, 2.45) is 0 Å². The number of rotatable bonds is 8. The molecule has 1 saturated heterocycles. The van der Waals surface area contributed by atoms with E-state index in [4.69, 9.17) is 16.3 Å². The molecule has 1 aliphatic carbocycles. The number of likely N-dealkylation sites (tertiary alicyclic amines) is 1. The molecular formula is C30H32Cl3F3N4O4S. The second-order valence-electron chi connectivity index (χ2n) is 11.2. The molecule has 1 N–H and O–H groups in total. The Morgan fingerprint density at radius 1 is 1.13 bits per heavy atom. The van der Waals surface area contributed by atoms with Crippen LogP contribution in [0.15, 0.2) is 52.3 Å². The zero-order valence-corrected chi connectivity index (χ0v) is 27.3. The maximum atomic E-state index is 13.0. The molecule has 6 rings (SSSR count). The first-order valence-corrected chi connectivity index (χ1v) is 15.3. The molecule has 1 atom stereocenters. The van der Waals surface area contributed by atoms with Crippen LogP contribution in [0.25, 0.3) is 21.3 Å². The monoisotopic (exact) mass is 706 g/mol. The Hall–Kier alpha value is -2.61. The molecule has 1 saturated carbocycles. The van der Waals surface area contributed by atoms with Gasteiger partial charge in [-0.05, 0) is 56.1 Å². The normalized spacial score (nSPS) is 20.0. The van der Waals surface area contributed by atoms with Gasteiger partial charge in [-0.3, -0.25) is 23.8 Å². The molecule has 2 aliphatic rings. The van der Waals surface area contributed by atoms with Crippen molar-refractivity contribution in [3.05, 3.63) is 79.0 Å². The summed E-state index contributed by atoms with van der Waals surface area (Å²) in [7, 11) is 0. The first-order chi connectivity index (χ1) is 20.5. The van der Waals surface area contributed by atoms with Crippen LogP contribution in [0, 0.1) is 6.92 Å². The molecule has 45 heavy (non-hydrogen) atoms. The summed E-state index contributed by atoms with van der Waals surface area (Å²) in [6.07, 6.45) is 1.77. The summed E-state index contributed by atoms with van der Waals surface area (Å²) in [5.74, 6) is 0.713. The molecule has 0 amide bonds. The van der Waals surface area contributed by atoms with E-state index in [0.717, 1.165) is 70.4 Å². The van der Waals surface area contributed by atoms with E-state index in [1.807, 2.05) is 25.1 Å². The van der Waals surface area contributed by atoms with Crippen molar-refractivity contribution in [2.75, 3.05) is 13.2 Å². The smallest absolute Gasteiger partial charge is 0.406 e. The van der Waals surface area contributed by atoms with Gasteiger partial charge in [-0.2, -0.15) is 13.2 Å². The molecule has 0 unspecified atom stereocenters. The third kappa shape index (κ3) is 7.36. The van der Waals surface area contributed by atoms with Crippen molar-refractivity contribution in [1.82, 2.24) is 19.0 Å². The molecule has 0 bridgehead atoms. The van der Waals surface area contributed by atoms with Crippen molar-refractivity contribution in [3.8, 4) is 16.9 Å². The summed E-state index contributed by atoms with van der Waals surface area (Å²) in [5, 5.41) is 10.3. The zero-order chi connectivity index (χ0) is 30.5. The lowest BCUT2D eigenvalue weighted by Crippen LogP contribution is -2.51. The van der Waals surface area contributed by atoms with Crippen LogP contribution in [0.3, 0.4) is 0 Å². The molecule has 2 fully saturated rings. The van der Waals surface area contributed by atoms with E-state index in [0.29, 0.717) is 31.8 Å². The highest BCUT2D eigenvalue weighted by Gasteiger charge is 2.40. The number of pyridine rings is 1. The molecule has 0 spiro atoms. The quantitative estimate of drug-likeness (QED) is 0.239. The van der Waals surface area contributed by atoms with Crippen molar-refractivity contribution >= 4 is 58.0 Å². The summed E-state index contributed by atoms with van der Waals surface area (Å²) in [5.41, 5.74) is 1.38. The Morgan fingerprint density at radius 3 is 2.60 bits per heavy atom. The minimum absolute atomic E-state index is 0. The molecule has 1 aliphatic heterocycles. The number of hydrogen-bond acceptors (Lipinski definition) is 7. The Labute approximate surface area is 278 Å². The summed E-state index contributed by atoms with van der Waals surface area (Å²) in [6.45, 7) is 1.43. The van der Waals surface area contributed by atoms with Crippen molar-refractivity contribution in [3.63, 3.8) is 0 Å². The van der Waals surface area contributed by atoms with Gasteiger partial charge in [0.25, 0.3) is 5.56 Å². The lowest BCUT2D eigenvalue weighted by atomic mass is 9.87. The van der Waals surface area contributed by atoms with Gasteiger partial charge in [-0.1, -0.05) is 11.6 Å². The number of benzene rings is 1. The number of aliphatic hydroxyl groups is 1. The van der Waals surface area contributed by atoms with E-state index in [1.54, 1.807) is 12.3 Å². The number of ether oxygens (including phenoxy) is 1. The number of alkyl halides is 3. The number of aromatic nitrogens is 3. The number of thiophene rings is 1. The van der Waals surface area contributed by atoms with Gasteiger partial charge >= 0.3 is 11.9 Å². The van der Waals surface area contributed by atoms with E-state index in [2.05, 4.69) is 9.88 Å². The molecule has 4 heterocycles. The third-order valence-electron chi connectivity index (χ3n) is 8.25. The van der Waals surface area contributed by atoms with Gasteiger partial charge < -0.3 is 9.84 Å². The van der Waals surface area contributed by atoms with E-state index in [9.17, 15) is 27.9 Å².